The van der Waals surface area contributed by atoms with Crippen molar-refractivity contribution in [2.45, 2.75) is 0 Å². The second kappa shape index (κ2) is 11.5. The molecule has 0 radical (unpaired) electrons. The lowest BCUT2D eigenvalue weighted by Gasteiger charge is -2.23. The van der Waals surface area contributed by atoms with Crippen molar-refractivity contribution in [3.63, 3.8) is 0 Å². The summed E-state index contributed by atoms with van der Waals surface area (Å²) in [7, 11) is 0. The number of hydrogen-bond donors (Lipinski definition) is 6. The fourth-order valence-electron chi connectivity index (χ4n) is 3.51. The maximum absolute atomic E-state index is 10.0. The number of nitrogens with two attached hydrogens (primary N) is 3. The van der Waals surface area contributed by atoms with E-state index in [2.05, 4.69) is 0 Å². The van der Waals surface area contributed by atoms with Gasteiger partial charge in [0.05, 0.1) is 0 Å². The second-order valence-electron chi connectivity index (χ2n) is 7.98. The molecule has 0 fully saturated rings. The van der Waals surface area contributed by atoms with Crippen molar-refractivity contribution < 1.29 is 15.3 Å². The standard InChI is InChI=1S/C27H30N4O3/c28-22(13-19-7-1-4-10-25(19)32)16-31(17-23(29)14-20-8-2-5-11-26(20)33)18-24(30)15-21-9-3-6-12-27(21)34/h1-15,32-34H,16-18,28-30H2. The van der Waals surface area contributed by atoms with Crippen LogP contribution in [0.3, 0.4) is 0 Å². The van der Waals surface area contributed by atoms with E-state index in [-0.39, 0.29) is 17.2 Å². The van der Waals surface area contributed by atoms with Crippen molar-refractivity contribution in [1.82, 2.24) is 4.90 Å². The number of aromatic hydroxyl groups is 3. The molecule has 0 saturated carbocycles. The average Bonchev–Trinajstić information content (AvgIpc) is 2.78. The summed E-state index contributed by atoms with van der Waals surface area (Å²) in [6, 6.07) is 20.8. The van der Waals surface area contributed by atoms with Crippen LogP contribution in [0.4, 0.5) is 0 Å². The zero-order chi connectivity index (χ0) is 24.5. The number of phenols is 3. The van der Waals surface area contributed by atoms with Gasteiger partial charge in [-0.2, -0.15) is 0 Å². The molecule has 176 valence electrons. The van der Waals surface area contributed by atoms with Crippen molar-refractivity contribution in [3.8, 4) is 17.2 Å². The molecule has 7 nitrogen and oxygen atoms in total. The van der Waals surface area contributed by atoms with E-state index in [4.69, 9.17) is 17.2 Å². The largest absolute Gasteiger partial charge is 0.507 e. The minimum absolute atomic E-state index is 0.134. The van der Waals surface area contributed by atoms with Gasteiger partial charge in [0.25, 0.3) is 0 Å². The Morgan fingerprint density at radius 2 is 0.794 bits per heavy atom. The van der Waals surface area contributed by atoms with Crippen molar-refractivity contribution in [2.24, 2.45) is 17.2 Å². The molecule has 3 aromatic rings. The molecule has 0 spiro atoms. The highest BCUT2D eigenvalue weighted by molar-refractivity contribution is 5.61. The lowest BCUT2D eigenvalue weighted by atomic mass is 10.1. The van der Waals surface area contributed by atoms with E-state index in [0.717, 1.165) is 0 Å². The van der Waals surface area contributed by atoms with Gasteiger partial charge in [-0.1, -0.05) is 54.6 Å². The Morgan fingerprint density at radius 1 is 0.529 bits per heavy atom. The predicted molar refractivity (Wildman–Crippen MR) is 137 cm³/mol. The fraction of sp³-hybridized carbons (Fsp3) is 0.111. The van der Waals surface area contributed by atoms with Crippen LogP contribution in [0.1, 0.15) is 16.7 Å². The van der Waals surface area contributed by atoms with Crippen LogP contribution in [-0.4, -0.2) is 39.9 Å². The molecule has 0 aliphatic heterocycles. The topological polar surface area (TPSA) is 142 Å². The number of phenolic OH excluding ortho intramolecular Hbond substituents is 3. The third-order valence-corrected chi connectivity index (χ3v) is 5.05. The third kappa shape index (κ3) is 7.08. The van der Waals surface area contributed by atoms with E-state index in [1.54, 1.807) is 72.8 Å². The van der Waals surface area contributed by atoms with Crippen LogP contribution >= 0.6 is 0 Å². The zero-order valence-electron chi connectivity index (χ0n) is 18.8. The smallest absolute Gasteiger partial charge is 0.122 e. The van der Waals surface area contributed by atoms with Gasteiger partial charge in [-0.25, -0.2) is 0 Å². The number of rotatable bonds is 9. The van der Waals surface area contributed by atoms with Crippen LogP contribution in [0.2, 0.25) is 0 Å². The van der Waals surface area contributed by atoms with Gasteiger partial charge in [-0.05, 0) is 36.4 Å². The molecule has 0 bridgehead atoms. The second-order valence-corrected chi connectivity index (χ2v) is 7.98. The Morgan fingerprint density at radius 3 is 1.06 bits per heavy atom. The molecule has 9 N–H and O–H groups in total. The predicted octanol–water partition coefficient (Wildman–Crippen LogP) is 3.40. The molecule has 0 heterocycles. The molecule has 0 saturated heterocycles. The van der Waals surface area contributed by atoms with Gasteiger partial charge in [0, 0.05) is 53.4 Å². The van der Waals surface area contributed by atoms with Gasteiger partial charge < -0.3 is 32.5 Å². The Hall–Kier alpha value is -4.36. The molecular weight excluding hydrogens is 428 g/mol. The van der Waals surface area contributed by atoms with Gasteiger partial charge in [-0.3, -0.25) is 4.90 Å². The fourth-order valence-corrected chi connectivity index (χ4v) is 3.51. The number of para-hydroxylation sites is 3. The molecule has 7 heteroatoms. The van der Waals surface area contributed by atoms with Gasteiger partial charge in [0.15, 0.2) is 0 Å². The Labute approximate surface area is 199 Å². The van der Waals surface area contributed by atoms with Crippen LogP contribution in [0.15, 0.2) is 89.9 Å². The van der Waals surface area contributed by atoms with E-state index in [9.17, 15) is 15.3 Å². The first-order valence-corrected chi connectivity index (χ1v) is 10.8. The monoisotopic (exact) mass is 458 g/mol. The van der Waals surface area contributed by atoms with Crippen LogP contribution in [-0.2, 0) is 0 Å². The van der Waals surface area contributed by atoms with Crippen molar-refractivity contribution in [1.29, 1.82) is 0 Å². The molecule has 3 rings (SSSR count). The van der Waals surface area contributed by atoms with Crippen LogP contribution in [0.25, 0.3) is 18.2 Å². The molecule has 0 aliphatic rings. The molecule has 0 amide bonds. The molecule has 3 aromatic carbocycles. The summed E-state index contributed by atoms with van der Waals surface area (Å²) < 4.78 is 0. The minimum Gasteiger partial charge on any atom is -0.507 e. The minimum atomic E-state index is 0.134. The summed E-state index contributed by atoms with van der Waals surface area (Å²) in [5, 5.41) is 30.1. The van der Waals surface area contributed by atoms with Crippen molar-refractivity contribution in [3.05, 3.63) is 107 Å². The first kappa shape index (κ1) is 24.3. The molecule has 0 aliphatic carbocycles. The molecule has 0 atom stereocenters. The maximum Gasteiger partial charge on any atom is 0.122 e. The SMILES string of the molecule is NC(=Cc1ccccc1O)CN(CC(N)=Cc1ccccc1O)CC(N)=Cc1ccccc1O. The summed E-state index contributed by atoms with van der Waals surface area (Å²) >= 11 is 0. The average molecular weight is 459 g/mol. The summed E-state index contributed by atoms with van der Waals surface area (Å²) in [6.07, 6.45) is 5.11. The Kier molecular flexibility index (Phi) is 8.21. The summed E-state index contributed by atoms with van der Waals surface area (Å²) in [6.45, 7) is 0.955. The molecule has 34 heavy (non-hydrogen) atoms. The maximum atomic E-state index is 10.0. The number of nitrogens with zero attached hydrogens (tertiary/aromatic N) is 1. The van der Waals surface area contributed by atoms with Gasteiger partial charge in [0.2, 0.25) is 0 Å². The normalized spacial score (nSPS) is 12.8. The number of hydrogen-bond acceptors (Lipinski definition) is 7. The van der Waals surface area contributed by atoms with Gasteiger partial charge in [-0.15, -0.1) is 0 Å². The summed E-state index contributed by atoms with van der Waals surface area (Å²) in [5.41, 5.74) is 22.2. The lowest BCUT2D eigenvalue weighted by Crippen LogP contribution is -2.35. The first-order chi connectivity index (χ1) is 16.3. The highest BCUT2D eigenvalue weighted by Crippen LogP contribution is 2.21. The van der Waals surface area contributed by atoms with Gasteiger partial charge in [0.1, 0.15) is 17.2 Å². The van der Waals surface area contributed by atoms with Crippen molar-refractivity contribution in [2.75, 3.05) is 19.6 Å². The highest BCUT2D eigenvalue weighted by Gasteiger charge is 2.11. The summed E-state index contributed by atoms with van der Waals surface area (Å²) in [5.74, 6) is 0.403. The lowest BCUT2D eigenvalue weighted by molar-refractivity contribution is 0.346. The third-order valence-electron chi connectivity index (χ3n) is 5.05. The van der Waals surface area contributed by atoms with Crippen LogP contribution < -0.4 is 17.2 Å². The summed E-state index contributed by atoms with van der Waals surface area (Å²) in [4.78, 5) is 1.93. The quantitative estimate of drug-likeness (QED) is 0.288. The van der Waals surface area contributed by atoms with E-state index in [1.807, 2.05) is 23.1 Å². The number of benzene rings is 3. The van der Waals surface area contributed by atoms with Gasteiger partial charge >= 0.3 is 0 Å². The van der Waals surface area contributed by atoms with Crippen molar-refractivity contribution >= 4 is 18.2 Å². The Balaban J connectivity index is 1.83. The van der Waals surface area contributed by atoms with E-state index >= 15 is 0 Å². The van der Waals surface area contributed by atoms with Crippen LogP contribution in [0, 0.1) is 0 Å². The first-order valence-electron chi connectivity index (χ1n) is 10.8. The van der Waals surface area contributed by atoms with Crippen LogP contribution in [0.5, 0.6) is 17.2 Å². The van der Waals surface area contributed by atoms with E-state index in [0.29, 0.717) is 53.4 Å². The molecule has 0 aromatic heterocycles. The Bertz CT molecular complexity index is 1070. The molecule has 0 unspecified atom stereocenters. The zero-order valence-corrected chi connectivity index (χ0v) is 18.8. The molecular formula is C27H30N4O3. The van der Waals surface area contributed by atoms with E-state index < -0.39 is 0 Å². The highest BCUT2D eigenvalue weighted by atomic mass is 16.3. The van der Waals surface area contributed by atoms with E-state index in [1.165, 1.54) is 0 Å².